The smallest absolute Gasteiger partial charge is 0.550 e. The first-order chi connectivity index (χ1) is 31.0. The van der Waals surface area contributed by atoms with Crippen molar-refractivity contribution < 1.29 is 128 Å². The van der Waals surface area contributed by atoms with Gasteiger partial charge in [0.05, 0.1) is 85.2 Å². The van der Waals surface area contributed by atoms with E-state index < -0.39 is 141 Å². The standard InChI is InChI=1S/C47H77NO18.2Li/c1-27(42(58)28(2)29(3)49)17-15-13-11-9-7-5-6-8-10-12-14-16-18-34(65-46-44(60)41(48)43(59)30(4)64-46)24-38-40(45(61)62)37(55)26-47(63,66-38)25-36(54)35(53)20-19-31(50)21-32(51)22-33(52)23-39(56)57;;/h5-6,8,10-18,27-38,40-44,46,49-55,58-60,63H,7,9,19-26,48H2,1-4H3,(H,56,57)(H,61,62);;/q;2*+1/p-2/b6-5+,10-8+,13-11+,14-12+,17-15+,18-16+;;/t27-,28-,29-,30+,31+,32+,33+,34-,35+,36+,37-,38-,40+,41-,42+,43+,44-,46-,47+;;/m0../s1. The number of carbonyl (C=O) groups excluding carboxylic acids is 2. The van der Waals surface area contributed by atoms with Crippen LogP contribution in [0.1, 0.15) is 91.9 Å². The molecule has 19 atom stereocenters. The number of aliphatic hydroxyl groups excluding tert-OH is 10. The molecule has 2 saturated heterocycles. The fourth-order valence-corrected chi connectivity index (χ4v) is 7.74. The van der Waals surface area contributed by atoms with Gasteiger partial charge in [0.25, 0.3) is 0 Å². The van der Waals surface area contributed by atoms with Crippen LogP contribution in [0.4, 0.5) is 0 Å². The summed E-state index contributed by atoms with van der Waals surface area (Å²) in [7, 11) is 0. The van der Waals surface area contributed by atoms with Crippen molar-refractivity contribution in [2.75, 3.05) is 0 Å². The summed E-state index contributed by atoms with van der Waals surface area (Å²) >= 11 is 0. The Hall–Kier alpha value is -2.03. The first-order valence-corrected chi connectivity index (χ1v) is 22.6. The molecular formula is C47H75Li2NO18. The maximum Gasteiger partial charge on any atom is 1.00 e. The molecule has 19 nitrogen and oxygen atoms in total. The molecule has 378 valence electrons. The van der Waals surface area contributed by atoms with Crippen LogP contribution < -0.4 is 53.7 Å². The van der Waals surface area contributed by atoms with Crippen LogP contribution in [0, 0.1) is 17.8 Å². The van der Waals surface area contributed by atoms with E-state index in [0.717, 1.165) is 12.8 Å². The van der Waals surface area contributed by atoms with Gasteiger partial charge < -0.3 is 95.9 Å². The molecule has 0 aromatic heterocycles. The largest absolute Gasteiger partial charge is 1.00 e. The van der Waals surface area contributed by atoms with Crippen LogP contribution >= 0.6 is 0 Å². The number of unbranched alkanes of at least 4 members (excludes halogenated alkanes) is 1. The second-order valence-corrected chi connectivity index (χ2v) is 17.7. The van der Waals surface area contributed by atoms with E-state index in [4.69, 9.17) is 19.9 Å². The van der Waals surface area contributed by atoms with E-state index in [1.165, 1.54) is 13.0 Å². The van der Waals surface area contributed by atoms with Crippen molar-refractivity contribution in [3.05, 3.63) is 72.9 Å². The minimum Gasteiger partial charge on any atom is -0.550 e. The normalized spacial score (nSPS) is 30.5. The Morgan fingerprint density at radius 2 is 1.34 bits per heavy atom. The zero-order chi connectivity index (χ0) is 49.7. The van der Waals surface area contributed by atoms with Crippen molar-refractivity contribution in [1.29, 1.82) is 0 Å². The second kappa shape index (κ2) is 33.6. The third-order valence-electron chi connectivity index (χ3n) is 11.9. The summed E-state index contributed by atoms with van der Waals surface area (Å²) in [6.07, 6.45) is 1.39. The maximum atomic E-state index is 12.3. The van der Waals surface area contributed by atoms with Crippen LogP contribution in [0.3, 0.4) is 0 Å². The van der Waals surface area contributed by atoms with Crippen molar-refractivity contribution in [3.63, 3.8) is 0 Å². The number of allylic oxidation sites excluding steroid dienone is 10. The Kier molecular flexibility index (Phi) is 32.6. The molecule has 21 heteroatoms. The van der Waals surface area contributed by atoms with Gasteiger partial charge in [0.2, 0.25) is 0 Å². The van der Waals surface area contributed by atoms with Gasteiger partial charge in [0, 0.05) is 49.5 Å². The van der Waals surface area contributed by atoms with Gasteiger partial charge in [0.15, 0.2) is 12.1 Å². The Morgan fingerprint density at radius 3 is 1.93 bits per heavy atom. The number of rotatable bonds is 29. The molecule has 0 radical (unpaired) electrons. The second-order valence-electron chi connectivity index (χ2n) is 17.7. The minimum absolute atomic E-state index is 0. The first kappa shape index (κ1) is 66.0. The predicted molar refractivity (Wildman–Crippen MR) is 236 cm³/mol. The van der Waals surface area contributed by atoms with E-state index in [2.05, 4.69) is 0 Å². The number of aliphatic carboxylic acids is 2. The average molecular weight is 956 g/mol. The topological polar surface area (TPSA) is 357 Å². The summed E-state index contributed by atoms with van der Waals surface area (Å²) in [6, 6.07) is -1.17. The summed E-state index contributed by atoms with van der Waals surface area (Å²) in [6.45, 7) is 6.86. The molecule has 0 spiro atoms. The summed E-state index contributed by atoms with van der Waals surface area (Å²) in [5, 5.41) is 138. The van der Waals surface area contributed by atoms with Crippen LogP contribution in [0.2, 0.25) is 0 Å². The monoisotopic (exact) mass is 956 g/mol. The maximum absolute atomic E-state index is 12.3. The van der Waals surface area contributed by atoms with Gasteiger partial charge in [-0.1, -0.05) is 86.8 Å². The molecule has 0 amide bonds. The van der Waals surface area contributed by atoms with Crippen LogP contribution in [0.5, 0.6) is 0 Å². The molecule has 2 heterocycles. The minimum atomic E-state index is -2.40. The molecule has 0 unspecified atom stereocenters. The van der Waals surface area contributed by atoms with Gasteiger partial charge in [0.1, 0.15) is 6.10 Å². The Morgan fingerprint density at radius 1 is 0.779 bits per heavy atom. The molecule has 0 aromatic rings. The van der Waals surface area contributed by atoms with Crippen LogP contribution in [-0.2, 0) is 23.8 Å². The van der Waals surface area contributed by atoms with Crippen molar-refractivity contribution in [2.24, 2.45) is 23.5 Å². The van der Waals surface area contributed by atoms with Crippen LogP contribution in [0.25, 0.3) is 0 Å². The van der Waals surface area contributed by atoms with Crippen molar-refractivity contribution in [2.45, 2.75) is 189 Å². The van der Waals surface area contributed by atoms with E-state index in [1.54, 1.807) is 44.2 Å². The van der Waals surface area contributed by atoms with Gasteiger partial charge in [-0.2, -0.15) is 0 Å². The summed E-state index contributed by atoms with van der Waals surface area (Å²) in [5.41, 5.74) is 6.00. The third kappa shape index (κ3) is 23.9. The zero-order valence-corrected chi connectivity index (χ0v) is 40.2. The van der Waals surface area contributed by atoms with E-state index in [1.807, 2.05) is 43.4 Å². The summed E-state index contributed by atoms with van der Waals surface area (Å²) < 4.78 is 17.6. The number of carboxylic acids is 2. The van der Waals surface area contributed by atoms with E-state index >= 15 is 0 Å². The summed E-state index contributed by atoms with van der Waals surface area (Å²) in [4.78, 5) is 23.0. The number of hydrogen-bond acceptors (Lipinski definition) is 19. The van der Waals surface area contributed by atoms with Gasteiger partial charge in [-0.15, -0.1) is 0 Å². The van der Waals surface area contributed by atoms with Gasteiger partial charge >= 0.3 is 37.7 Å². The van der Waals surface area contributed by atoms with E-state index in [0.29, 0.717) is 0 Å². The van der Waals surface area contributed by atoms with Gasteiger partial charge in [-0.05, 0) is 52.4 Å². The van der Waals surface area contributed by atoms with Crippen molar-refractivity contribution in [3.8, 4) is 0 Å². The Labute approximate surface area is 423 Å². The molecule has 0 aliphatic carbocycles. The number of nitrogens with two attached hydrogens (primary N) is 1. The molecule has 2 aliphatic heterocycles. The number of carboxylic acid groups (broad SMARTS) is 2. The van der Waals surface area contributed by atoms with Crippen LogP contribution in [0.15, 0.2) is 72.9 Å². The fourth-order valence-electron chi connectivity index (χ4n) is 7.74. The van der Waals surface area contributed by atoms with Crippen LogP contribution in [-0.4, -0.2) is 166 Å². The predicted octanol–water partition coefficient (Wildman–Crippen LogP) is -8.21. The SMILES string of the molecule is C[C@H]([C@H](O)[C@@H](C)/C=C/C=C/CC/C=C/C=C/C=C/C=C/[C@@H](C[C@@H]1O[C@](O)(C[C@@H](O)[C@H](O)CC[C@@H](O)C[C@@H](O)C[C@@H](O)CC(=O)[O-])C[C@H](O)[C@H]1C(=O)[O-])O[C@@H]1O[C@H](C)[C@@H](O)[C@H](N)[C@@H]1O)[C@H](C)O.[Li+].[Li+]. The molecule has 2 rings (SSSR count). The summed E-state index contributed by atoms with van der Waals surface area (Å²) in [5.74, 6) is -7.71. The quantitative estimate of drug-likeness (QED) is 0.0188. The number of hydrogen-bond donors (Lipinski definition) is 12. The van der Waals surface area contributed by atoms with Gasteiger partial charge in [-0.25, -0.2) is 0 Å². The van der Waals surface area contributed by atoms with E-state index in [9.17, 15) is 76.0 Å². The van der Waals surface area contributed by atoms with Gasteiger partial charge in [-0.3, -0.25) is 0 Å². The average Bonchev–Trinajstić information content (AvgIpc) is 3.22. The molecular weight excluding hydrogens is 880 g/mol. The first-order valence-electron chi connectivity index (χ1n) is 22.6. The number of aliphatic hydroxyl groups is 11. The Bertz CT molecular complexity index is 1620. The van der Waals surface area contributed by atoms with Crippen molar-refractivity contribution in [1.82, 2.24) is 0 Å². The molecule has 0 saturated carbocycles. The zero-order valence-electron chi connectivity index (χ0n) is 40.2. The number of ether oxygens (including phenoxy) is 3. The molecule has 13 N–H and O–H groups in total. The molecule has 0 aromatic carbocycles. The van der Waals surface area contributed by atoms with Crippen molar-refractivity contribution >= 4 is 11.9 Å². The number of carbonyl (C=O) groups is 2. The molecule has 68 heavy (non-hydrogen) atoms. The Balaban J connectivity index is 0.0000224. The van der Waals surface area contributed by atoms with E-state index in [-0.39, 0.29) is 75.2 Å². The molecule has 2 fully saturated rings. The molecule has 2 aliphatic rings. The fraction of sp³-hybridized carbons (Fsp3) is 0.702. The third-order valence-corrected chi connectivity index (χ3v) is 11.9. The molecule has 0 bridgehead atoms.